The molecule has 1 aromatic heterocycles. The number of nitrogens with one attached hydrogen (secondary N) is 1. The molecule has 0 aliphatic heterocycles. The van der Waals surface area contributed by atoms with E-state index in [-0.39, 0.29) is 28.8 Å². The molecule has 0 saturated heterocycles. The highest BCUT2D eigenvalue weighted by Gasteiger charge is 2.25. The first-order valence-electron chi connectivity index (χ1n) is 6.46. The molecule has 106 valence electrons. The van der Waals surface area contributed by atoms with Crippen molar-refractivity contribution in [1.29, 1.82) is 0 Å². The monoisotopic (exact) mass is 298 g/mol. The van der Waals surface area contributed by atoms with Crippen LogP contribution in [0.15, 0.2) is 12.1 Å². The maximum Gasteiger partial charge on any atom is 0.230 e. The minimum absolute atomic E-state index is 0.0664. The Labute approximate surface area is 124 Å². The standard InChI is InChI=1S/C14H22N2OS2/c1-8(2)12(13(15)18)14(17)16-9(3)7-11-6-5-10(4)19-11/h5-6,8-9,12H,7H2,1-4H3,(H2,15,18)(H,16,17). The minimum Gasteiger partial charge on any atom is -0.393 e. The topological polar surface area (TPSA) is 55.1 Å². The lowest BCUT2D eigenvalue weighted by molar-refractivity contribution is -0.124. The summed E-state index contributed by atoms with van der Waals surface area (Å²) in [6.45, 7) is 8.00. The molecule has 0 saturated carbocycles. The third-order valence-corrected chi connectivity index (χ3v) is 4.22. The molecule has 5 heteroatoms. The van der Waals surface area contributed by atoms with Crippen LogP contribution in [0.1, 0.15) is 30.5 Å². The van der Waals surface area contributed by atoms with Crippen LogP contribution >= 0.6 is 23.6 Å². The molecule has 2 atom stereocenters. The quantitative estimate of drug-likeness (QED) is 0.794. The molecule has 0 spiro atoms. The first kappa shape index (κ1) is 16.1. The number of carbonyl (C=O) groups is 1. The summed E-state index contributed by atoms with van der Waals surface area (Å²) in [7, 11) is 0. The first-order chi connectivity index (χ1) is 8.81. The van der Waals surface area contributed by atoms with E-state index in [9.17, 15) is 4.79 Å². The van der Waals surface area contributed by atoms with Gasteiger partial charge in [0.25, 0.3) is 0 Å². The molecular weight excluding hydrogens is 276 g/mol. The van der Waals surface area contributed by atoms with Crippen molar-refractivity contribution >= 4 is 34.5 Å². The van der Waals surface area contributed by atoms with E-state index in [4.69, 9.17) is 18.0 Å². The number of nitrogens with two attached hydrogens (primary N) is 1. The van der Waals surface area contributed by atoms with Crippen molar-refractivity contribution in [2.45, 2.75) is 40.2 Å². The second-order valence-corrected chi connectivity index (χ2v) is 7.09. The molecule has 0 radical (unpaired) electrons. The Hall–Kier alpha value is -0.940. The predicted octanol–water partition coefficient (Wildman–Crippen LogP) is 2.66. The van der Waals surface area contributed by atoms with E-state index in [0.29, 0.717) is 0 Å². The van der Waals surface area contributed by atoms with Crippen molar-refractivity contribution in [3.05, 3.63) is 21.9 Å². The Morgan fingerprint density at radius 3 is 2.47 bits per heavy atom. The first-order valence-corrected chi connectivity index (χ1v) is 7.68. The van der Waals surface area contributed by atoms with Gasteiger partial charge >= 0.3 is 0 Å². The minimum atomic E-state index is -0.387. The lowest BCUT2D eigenvalue weighted by atomic mass is 9.94. The molecule has 1 heterocycles. The van der Waals surface area contributed by atoms with Crippen molar-refractivity contribution in [3.63, 3.8) is 0 Å². The van der Waals surface area contributed by atoms with E-state index < -0.39 is 0 Å². The van der Waals surface area contributed by atoms with Gasteiger partial charge in [-0.15, -0.1) is 11.3 Å². The van der Waals surface area contributed by atoms with Gasteiger partial charge in [-0.3, -0.25) is 4.79 Å². The molecule has 0 aromatic carbocycles. The van der Waals surface area contributed by atoms with Crippen molar-refractivity contribution in [2.75, 3.05) is 0 Å². The third kappa shape index (κ3) is 4.91. The van der Waals surface area contributed by atoms with Gasteiger partial charge in [0.2, 0.25) is 5.91 Å². The number of hydrogen-bond donors (Lipinski definition) is 2. The van der Waals surface area contributed by atoms with Gasteiger partial charge in [0.1, 0.15) is 0 Å². The van der Waals surface area contributed by atoms with Crippen molar-refractivity contribution < 1.29 is 4.79 Å². The normalized spacial score (nSPS) is 14.2. The van der Waals surface area contributed by atoms with E-state index >= 15 is 0 Å². The highest BCUT2D eigenvalue weighted by molar-refractivity contribution is 7.80. The van der Waals surface area contributed by atoms with E-state index in [2.05, 4.69) is 24.4 Å². The predicted molar refractivity (Wildman–Crippen MR) is 85.5 cm³/mol. The summed E-state index contributed by atoms with van der Waals surface area (Å²) in [4.78, 5) is 15.0. The second-order valence-electron chi connectivity index (χ2n) is 5.25. The van der Waals surface area contributed by atoms with Crippen LogP contribution in [0.4, 0.5) is 0 Å². The molecule has 3 nitrogen and oxygen atoms in total. The molecule has 0 bridgehead atoms. The van der Waals surface area contributed by atoms with Gasteiger partial charge < -0.3 is 11.1 Å². The zero-order chi connectivity index (χ0) is 14.6. The number of hydrogen-bond acceptors (Lipinski definition) is 3. The van der Waals surface area contributed by atoms with E-state index in [0.717, 1.165) is 6.42 Å². The van der Waals surface area contributed by atoms with Gasteiger partial charge in [-0.2, -0.15) is 0 Å². The van der Waals surface area contributed by atoms with Crippen molar-refractivity contribution in [1.82, 2.24) is 5.32 Å². The van der Waals surface area contributed by atoms with Crippen LogP contribution in [-0.4, -0.2) is 16.9 Å². The van der Waals surface area contributed by atoms with Gasteiger partial charge in [0.05, 0.1) is 10.9 Å². The van der Waals surface area contributed by atoms with E-state index in [1.54, 1.807) is 11.3 Å². The molecule has 2 unspecified atom stereocenters. The Balaban J connectivity index is 2.58. The lowest BCUT2D eigenvalue weighted by Gasteiger charge is -2.21. The Morgan fingerprint density at radius 1 is 1.42 bits per heavy atom. The highest BCUT2D eigenvalue weighted by Crippen LogP contribution is 2.17. The summed E-state index contributed by atoms with van der Waals surface area (Å²) in [5.74, 6) is -0.334. The largest absolute Gasteiger partial charge is 0.393 e. The number of rotatable bonds is 6. The molecule has 3 N–H and O–H groups in total. The summed E-state index contributed by atoms with van der Waals surface area (Å²) in [5, 5.41) is 3.00. The number of aryl methyl sites for hydroxylation is 1. The second kappa shape index (κ2) is 7.01. The number of amides is 1. The SMILES string of the molecule is Cc1ccc(CC(C)NC(=O)C(C(N)=S)C(C)C)s1. The van der Waals surface area contributed by atoms with Crippen molar-refractivity contribution in [2.24, 2.45) is 17.6 Å². The molecule has 0 fully saturated rings. The van der Waals surface area contributed by atoms with Crippen molar-refractivity contribution in [3.8, 4) is 0 Å². The lowest BCUT2D eigenvalue weighted by Crippen LogP contribution is -2.44. The van der Waals surface area contributed by atoms with Crippen LogP contribution < -0.4 is 11.1 Å². The van der Waals surface area contributed by atoms with Gasteiger partial charge in [-0.25, -0.2) is 0 Å². The summed E-state index contributed by atoms with van der Waals surface area (Å²) in [6, 6.07) is 4.29. The fraction of sp³-hybridized carbons (Fsp3) is 0.571. The Kier molecular flexibility index (Phi) is 5.94. The summed E-state index contributed by atoms with van der Waals surface area (Å²) in [6.07, 6.45) is 0.840. The molecular formula is C14H22N2OS2. The number of thiophene rings is 1. The molecule has 0 aliphatic carbocycles. The molecule has 1 aromatic rings. The van der Waals surface area contributed by atoms with Gasteiger partial charge in [-0.1, -0.05) is 26.1 Å². The smallest absolute Gasteiger partial charge is 0.230 e. The molecule has 1 rings (SSSR count). The zero-order valence-corrected chi connectivity index (χ0v) is 13.5. The van der Waals surface area contributed by atoms with Crippen LogP contribution in [0.25, 0.3) is 0 Å². The van der Waals surface area contributed by atoms with Gasteiger partial charge in [-0.05, 0) is 31.9 Å². The van der Waals surface area contributed by atoms with Crippen LogP contribution in [0.2, 0.25) is 0 Å². The summed E-state index contributed by atoms with van der Waals surface area (Å²) >= 11 is 6.74. The summed E-state index contributed by atoms with van der Waals surface area (Å²) < 4.78 is 0. The molecule has 0 aliphatic rings. The number of thiocarbonyl (C=S) groups is 1. The fourth-order valence-corrected chi connectivity index (χ4v) is 3.44. The Morgan fingerprint density at radius 2 is 2.05 bits per heavy atom. The van der Waals surface area contributed by atoms with Gasteiger partial charge in [0, 0.05) is 22.2 Å². The van der Waals surface area contributed by atoms with E-state index in [1.165, 1.54) is 9.75 Å². The van der Waals surface area contributed by atoms with Crippen LogP contribution in [0.3, 0.4) is 0 Å². The molecule has 19 heavy (non-hydrogen) atoms. The average Bonchev–Trinajstić information content (AvgIpc) is 2.61. The molecule has 1 amide bonds. The van der Waals surface area contributed by atoms with Crippen LogP contribution in [-0.2, 0) is 11.2 Å². The maximum atomic E-state index is 12.2. The van der Waals surface area contributed by atoms with Crippen LogP contribution in [0, 0.1) is 18.8 Å². The average molecular weight is 298 g/mol. The Bertz CT molecular complexity index is 454. The van der Waals surface area contributed by atoms with Crippen LogP contribution in [0.5, 0.6) is 0 Å². The zero-order valence-electron chi connectivity index (χ0n) is 11.9. The fourth-order valence-electron chi connectivity index (χ4n) is 2.04. The highest BCUT2D eigenvalue weighted by atomic mass is 32.1. The van der Waals surface area contributed by atoms with Gasteiger partial charge in [0.15, 0.2) is 0 Å². The number of carbonyl (C=O) groups excluding carboxylic acids is 1. The summed E-state index contributed by atoms with van der Waals surface area (Å²) in [5.41, 5.74) is 5.64. The third-order valence-electron chi connectivity index (χ3n) is 2.95. The van der Waals surface area contributed by atoms with E-state index in [1.807, 2.05) is 20.8 Å². The maximum absolute atomic E-state index is 12.2.